The van der Waals surface area contributed by atoms with Crippen LogP contribution < -0.4 is 5.73 Å². The summed E-state index contributed by atoms with van der Waals surface area (Å²) in [5.41, 5.74) is 6.27. The highest BCUT2D eigenvalue weighted by atomic mass is 32.1. The number of esters is 1. The summed E-state index contributed by atoms with van der Waals surface area (Å²) in [6, 6.07) is 0. The van der Waals surface area contributed by atoms with Crippen LogP contribution in [0.3, 0.4) is 0 Å². The molecule has 0 aliphatic rings. The van der Waals surface area contributed by atoms with Crippen molar-refractivity contribution < 1.29 is 9.53 Å². The molecule has 0 saturated heterocycles. The van der Waals surface area contributed by atoms with E-state index < -0.39 is 0 Å². The number of rotatable bonds is 3. The maximum atomic E-state index is 11.4. The summed E-state index contributed by atoms with van der Waals surface area (Å²) in [4.78, 5) is 16.5. The molecule has 1 atom stereocenters. The van der Waals surface area contributed by atoms with Gasteiger partial charge in [0, 0.05) is 4.88 Å². The first-order chi connectivity index (χ1) is 6.56. The Labute approximate surface area is 87.1 Å². The van der Waals surface area contributed by atoms with Crippen molar-refractivity contribution >= 4 is 22.4 Å². The highest BCUT2D eigenvalue weighted by Crippen LogP contribution is 2.26. The van der Waals surface area contributed by atoms with Crippen molar-refractivity contribution in [2.75, 3.05) is 12.3 Å². The molecule has 0 radical (unpaired) electrons. The molecule has 5 heteroatoms. The Balaban J connectivity index is 2.83. The van der Waals surface area contributed by atoms with E-state index in [2.05, 4.69) is 4.98 Å². The Hall–Kier alpha value is -1.10. The van der Waals surface area contributed by atoms with Crippen LogP contribution in [0.4, 0.5) is 5.13 Å². The average Bonchev–Trinajstić information content (AvgIpc) is 2.44. The molecule has 0 spiro atoms. The average molecular weight is 214 g/mol. The van der Waals surface area contributed by atoms with Gasteiger partial charge in [-0.15, -0.1) is 11.3 Å². The lowest BCUT2D eigenvalue weighted by Crippen LogP contribution is -2.14. The van der Waals surface area contributed by atoms with Gasteiger partial charge in [0.2, 0.25) is 0 Å². The molecule has 1 heterocycles. The van der Waals surface area contributed by atoms with Gasteiger partial charge in [-0.25, -0.2) is 4.98 Å². The molecule has 0 aliphatic carbocycles. The van der Waals surface area contributed by atoms with Gasteiger partial charge in [-0.2, -0.15) is 0 Å². The van der Waals surface area contributed by atoms with E-state index in [-0.39, 0.29) is 11.9 Å². The van der Waals surface area contributed by atoms with Crippen LogP contribution in [-0.4, -0.2) is 17.6 Å². The minimum atomic E-state index is -0.330. The van der Waals surface area contributed by atoms with Gasteiger partial charge < -0.3 is 10.5 Å². The lowest BCUT2D eigenvalue weighted by molar-refractivity contribution is -0.144. The van der Waals surface area contributed by atoms with Crippen LogP contribution >= 0.6 is 11.3 Å². The van der Waals surface area contributed by atoms with E-state index in [9.17, 15) is 4.79 Å². The topological polar surface area (TPSA) is 65.2 Å². The van der Waals surface area contributed by atoms with Gasteiger partial charge in [-0.05, 0) is 20.8 Å². The molecular formula is C9H14N2O2S. The van der Waals surface area contributed by atoms with E-state index in [1.165, 1.54) is 11.3 Å². The predicted octanol–water partition coefficient (Wildman–Crippen LogP) is 1.70. The van der Waals surface area contributed by atoms with E-state index in [0.717, 1.165) is 10.6 Å². The number of thiazole rings is 1. The largest absolute Gasteiger partial charge is 0.465 e. The van der Waals surface area contributed by atoms with Gasteiger partial charge in [-0.1, -0.05) is 0 Å². The molecule has 1 aromatic heterocycles. The number of nitrogens with zero attached hydrogens (tertiary/aromatic N) is 1. The summed E-state index contributed by atoms with van der Waals surface area (Å²) in [6.45, 7) is 5.85. The Kier molecular flexibility index (Phi) is 3.46. The number of nitrogens with two attached hydrogens (primary N) is 1. The van der Waals surface area contributed by atoms with Crippen molar-refractivity contribution in [3.63, 3.8) is 0 Å². The lowest BCUT2D eigenvalue weighted by Gasteiger charge is -2.08. The smallest absolute Gasteiger partial charge is 0.314 e. The lowest BCUT2D eigenvalue weighted by atomic mass is 10.1. The van der Waals surface area contributed by atoms with Crippen LogP contribution in [0.25, 0.3) is 0 Å². The summed E-state index contributed by atoms with van der Waals surface area (Å²) < 4.78 is 4.91. The van der Waals surface area contributed by atoms with Crippen molar-refractivity contribution in [2.24, 2.45) is 0 Å². The summed E-state index contributed by atoms with van der Waals surface area (Å²) >= 11 is 1.39. The number of aromatic nitrogens is 1. The van der Waals surface area contributed by atoms with Crippen molar-refractivity contribution in [1.29, 1.82) is 0 Å². The fourth-order valence-electron chi connectivity index (χ4n) is 1.21. The van der Waals surface area contributed by atoms with Crippen LogP contribution in [0.2, 0.25) is 0 Å². The highest BCUT2D eigenvalue weighted by Gasteiger charge is 2.21. The van der Waals surface area contributed by atoms with Crippen molar-refractivity contribution in [2.45, 2.75) is 26.7 Å². The monoisotopic (exact) mass is 214 g/mol. The second-order valence-corrected chi connectivity index (χ2v) is 4.20. The summed E-state index contributed by atoms with van der Waals surface area (Å²) in [5, 5.41) is 0.494. The molecule has 1 rings (SSSR count). The van der Waals surface area contributed by atoms with E-state index in [0.29, 0.717) is 11.7 Å². The first-order valence-electron chi connectivity index (χ1n) is 4.45. The molecule has 0 aliphatic heterocycles. The number of hydrogen-bond donors (Lipinski definition) is 1. The van der Waals surface area contributed by atoms with Crippen LogP contribution in [-0.2, 0) is 9.53 Å². The molecule has 0 unspecified atom stereocenters. The SMILES string of the molecule is CCOC(=O)[C@@H](C)c1nc(N)sc1C. The first-order valence-corrected chi connectivity index (χ1v) is 5.27. The Bertz CT molecular complexity index is 336. The van der Waals surface area contributed by atoms with E-state index in [1.807, 2.05) is 6.92 Å². The third kappa shape index (κ3) is 2.23. The van der Waals surface area contributed by atoms with E-state index in [4.69, 9.17) is 10.5 Å². The molecule has 0 bridgehead atoms. The zero-order valence-electron chi connectivity index (χ0n) is 8.53. The van der Waals surface area contributed by atoms with Crippen molar-refractivity contribution in [1.82, 2.24) is 4.98 Å². The predicted molar refractivity (Wildman–Crippen MR) is 56.3 cm³/mol. The number of aryl methyl sites for hydroxylation is 1. The molecule has 0 aromatic carbocycles. The summed E-state index contributed by atoms with van der Waals surface area (Å²) in [6.07, 6.45) is 0. The van der Waals surface area contributed by atoms with Crippen molar-refractivity contribution in [3.8, 4) is 0 Å². The Morgan fingerprint density at radius 1 is 1.71 bits per heavy atom. The molecule has 0 amide bonds. The number of ether oxygens (including phenoxy) is 1. The molecule has 1 aromatic rings. The highest BCUT2D eigenvalue weighted by molar-refractivity contribution is 7.15. The van der Waals surface area contributed by atoms with Crippen LogP contribution in [0.1, 0.15) is 30.3 Å². The zero-order valence-corrected chi connectivity index (χ0v) is 9.35. The Morgan fingerprint density at radius 2 is 2.36 bits per heavy atom. The molecular weight excluding hydrogens is 200 g/mol. The van der Waals surface area contributed by atoms with Gasteiger partial charge in [-0.3, -0.25) is 4.79 Å². The second kappa shape index (κ2) is 4.41. The number of carbonyl (C=O) groups is 1. The van der Waals surface area contributed by atoms with Crippen molar-refractivity contribution in [3.05, 3.63) is 10.6 Å². The normalized spacial score (nSPS) is 12.5. The van der Waals surface area contributed by atoms with Gasteiger partial charge in [0.1, 0.15) is 0 Å². The minimum Gasteiger partial charge on any atom is -0.465 e. The molecule has 4 nitrogen and oxygen atoms in total. The van der Waals surface area contributed by atoms with Crippen LogP contribution in [0, 0.1) is 6.92 Å². The number of hydrogen-bond acceptors (Lipinski definition) is 5. The molecule has 2 N–H and O–H groups in total. The van der Waals surface area contributed by atoms with Gasteiger partial charge in [0.25, 0.3) is 0 Å². The third-order valence-electron chi connectivity index (χ3n) is 1.90. The van der Waals surface area contributed by atoms with Crippen LogP contribution in [0.5, 0.6) is 0 Å². The summed E-state index contributed by atoms with van der Waals surface area (Å²) in [7, 11) is 0. The van der Waals surface area contributed by atoms with Gasteiger partial charge >= 0.3 is 5.97 Å². The standard InChI is InChI=1S/C9H14N2O2S/c1-4-13-8(12)5(2)7-6(3)14-9(10)11-7/h5H,4H2,1-3H3,(H2,10,11)/t5-/m0/s1. The number of nitrogen functional groups attached to an aromatic ring is 1. The van der Waals surface area contributed by atoms with Crippen LogP contribution in [0.15, 0.2) is 0 Å². The fourth-order valence-corrected chi connectivity index (χ4v) is 1.99. The van der Waals surface area contributed by atoms with Gasteiger partial charge in [0.15, 0.2) is 5.13 Å². The number of anilines is 1. The molecule has 78 valence electrons. The fraction of sp³-hybridized carbons (Fsp3) is 0.556. The number of carbonyl (C=O) groups excluding carboxylic acids is 1. The van der Waals surface area contributed by atoms with E-state index in [1.54, 1.807) is 13.8 Å². The molecule has 0 saturated carbocycles. The first kappa shape index (κ1) is 11.0. The molecule has 14 heavy (non-hydrogen) atoms. The quantitative estimate of drug-likeness (QED) is 0.778. The van der Waals surface area contributed by atoms with E-state index >= 15 is 0 Å². The minimum absolute atomic E-state index is 0.249. The summed E-state index contributed by atoms with van der Waals surface area (Å²) in [5.74, 6) is -0.579. The molecule has 0 fully saturated rings. The maximum absolute atomic E-state index is 11.4. The third-order valence-corrected chi connectivity index (χ3v) is 2.72. The Morgan fingerprint density at radius 3 is 2.79 bits per heavy atom. The zero-order chi connectivity index (χ0) is 10.7. The van der Waals surface area contributed by atoms with Gasteiger partial charge in [0.05, 0.1) is 18.2 Å². The maximum Gasteiger partial charge on any atom is 0.314 e. The second-order valence-electron chi connectivity index (χ2n) is 2.97.